The van der Waals surface area contributed by atoms with Crippen molar-refractivity contribution in [2.45, 2.75) is 68.5 Å². The van der Waals surface area contributed by atoms with E-state index in [0.717, 1.165) is 11.9 Å². The molecular formula is C17H26F5N5O3S. The zero-order valence-corrected chi connectivity index (χ0v) is 17.3. The van der Waals surface area contributed by atoms with E-state index in [1.807, 2.05) is 0 Å². The van der Waals surface area contributed by atoms with Crippen LogP contribution in [0.3, 0.4) is 0 Å². The van der Waals surface area contributed by atoms with Gasteiger partial charge in [0.1, 0.15) is 11.4 Å². The molecule has 178 valence electrons. The predicted molar refractivity (Wildman–Crippen MR) is 101 cm³/mol. The van der Waals surface area contributed by atoms with Crippen LogP contribution in [-0.2, 0) is 14.3 Å². The summed E-state index contributed by atoms with van der Waals surface area (Å²) in [7, 11) is 0. The van der Waals surface area contributed by atoms with Gasteiger partial charge in [0.2, 0.25) is 11.8 Å². The van der Waals surface area contributed by atoms with Crippen molar-refractivity contribution in [1.82, 2.24) is 26.2 Å². The standard InChI is InChI=1S/C17H26F5N5O3S/c18-16(19)30-11-3-1-2-10(5-11)24-14(29)12-15(31-27-26-12)25-13(28)8-4-9(7-23-6-8)17(20,21)22/h8-12,15-16,23,26-27H,1-7H2,(H,24,29)(H,25,28). The van der Waals surface area contributed by atoms with Gasteiger partial charge in [0.05, 0.1) is 17.9 Å². The largest absolute Gasteiger partial charge is 0.393 e. The van der Waals surface area contributed by atoms with Gasteiger partial charge in [-0.15, -0.1) is 0 Å². The topological polar surface area (TPSA) is 104 Å². The van der Waals surface area contributed by atoms with E-state index in [-0.39, 0.29) is 32.0 Å². The number of nitrogens with one attached hydrogen (secondary N) is 5. The summed E-state index contributed by atoms with van der Waals surface area (Å²) in [6.07, 6.45) is -3.35. The van der Waals surface area contributed by atoms with Gasteiger partial charge in [-0.25, -0.2) is 5.43 Å². The van der Waals surface area contributed by atoms with E-state index in [1.165, 1.54) is 0 Å². The third-order valence-corrected chi connectivity index (χ3v) is 6.60. The second-order valence-corrected chi connectivity index (χ2v) is 8.94. The van der Waals surface area contributed by atoms with Crippen molar-refractivity contribution in [2.24, 2.45) is 11.8 Å². The first-order valence-electron chi connectivity index (χ1n) is 10.1. The van der Waals surface area contributed by atoms with Crippen LogP contribution < -0.4 is 26.2 Å². The molecule has 2 aliphatic heterocycles. The molecule has 1 aliphatic carbocycles. The minimum absolute atomic E-state index is 0.126. The maximum absolute atomic E-state index is 13.0. The molecule has 3 fully saturated rings. The molecule has 3 aliphatic rings. The summed E-state index contributed by atoms with van der Waals surface area (Å²) in [4.78, 5) is 27.9. The highest BCUT2D eigenvalue weighted by atomic mass is 32.2. The lowest BCUT2D eigenvalue weighted by Gasteiger charge is -2.32. The number of carbonyl (C=O) groups excluding carboxylic acids is 2. The summed E-state index contributed by atoms with van der Waals surface area (Å²) in [5.41, 5.74) is 2.72. The third-order valence-electron chi connectivity index (χ3n) is 5.72. The number of piperidine rings is 1. The van der Waals surface area contributed by atoms with Gasteiger partial charge in [-0.2, -0.15) is 26.8 Å². The number of hydrogen-bond donors (Lipinski definition) is 5. The summed E-state index contributed by atoms with van der Waals surface area (Å²) in [5, 5.41) is 7.31. The van der Waals surface area contributed by atoms with Crippen molar-refractivity contribution in [1.29, 1.82) is 0 Å². The third kappa shape index (κ3) is 6.88. The number of carbonyl (C=O) groups is 2. The Hall–Kier alpha value is -1.22. The van der Waals surface area contributed by atoms with Crippen molar-refractivity contribution in [3.05, 3.63) is 0 Å². The van der Waals surface area contributed by atoms with Gasteiger partial charge < -0.3 is 20.7 Å². The lowest BCUT2D eigenvalue weighted by molar-refractivity contribution is -0.182. The van der Waals surface area contributed by atoms with Gasteiger partial charge in [0, 0.05) is 19.1 Å². The van der Waals surface area contributed by atoms with E-state index in [4.69, 9.17) is 0 Å². The van der Waals surface area contributed by atoms with Crippen molar-refractivity contribution in [3.8, 4) is 0 Å². The van der Waals surface area contributed by atoms with Gasteiger partial charge in [-0.3, -0.25) is 9.59 Å². The van der Waals surface area contributed by atoms with Crippen molar-refractivity contribution < 1.29 is 36.3 Å². The predicted octanol–water partition coefficient (Wildman–Crippen LogP) is 1.01. The fraction of sp³-hybridized carbons (Fsp3) is 0.882. The Balaban J connectivity index is 1.51. The van der Waals surface area contributed by atoms with Gasteiger partial charge in [0.25, 0.3) is 0 Å². The van der Waals surface area contributed by atoms with E-state index in [1.54, 1.807) is 0 Å². The molecule has 1 saturated carbocycles. The first kappa shape index (κ1) is 24.4. The van der Waals surface area contributed by atoms with Gasteiger partial charge in [0.15, 0.2) is 0 Å². The van der Waals surface area contributed by atoms with Crippen LogP contribution in [-0.4, -0.2) is 61.3 Å². The molecule has 31 heavy (non-hydrogen) atoms. The molecule has 6 unspecified atom stereocenters. The fourth-order valence-electron chi connectivity index (χ4n) is 4.11. The van der Waals surface area contributed by atoms with Gasteiger partial charge in [-0.1, -0.05) is 0 Å². The monoisotopic (exact) mass is 475 g/mol. The minimum atomic E-state index is -4.38. The Bertz CT molecular complexity index is 644. The van der Waals surface area contributed by atoms with Gasteiger partial charge in [-0.05, 0) is 44.1 Å². The maximum Gasteiger partial charge on any atom is 0.393 e. The number of amides is 2. The number of rotatable bonds is 6. The van der Waals surface area contributed by atoms with E-state index in [2.05, 4.69) is 30.9 Å². The van der Waals surface area contributed by atoms with Crippen LogP contribution >= 0.6 is 11.9 Å². The quantitative estimate of drug-likeness (QED) is 0.289. The molecule has 0 aromatic rings. The minimum Gasteiger partial charge on any atom is -0.352 e. The lowest BCUT2D eigenvalue weighted by atomic mass is 9.89. The van der Waals surface area contributed by atoms with E-state index in [0.29, 0.717) is 19.3 Å². The van der Waals surface area contributed by atoms with Crippen molar-refractivity contribution >= 4 is 23.8 Å². The molecule has 3 rings (SSSR count). The Morgan fingerprint density at radius 3 is 2.55 bits per heavy atom. The van der Waals surface area contributed by atoms with E-state index < -0.39 is 54.0 Å². The number of alkyl halides is 5. The SMILES string of the molecule is O=C(NC1SNNC1C(=O)NC1CCCC(OC(F)F)C1)C1CNCC(C(F)(F)F)C1. The number of ether oxygens (including phenoxy) is 1. The molecule has 6 atom stereocenters. The molecule has 0 aromatic heterocycles. The molecule has 0 bridgehead atoms. The second-order valence-electron chi connectivity index (χ2n) is 7.99. The number of hydrogen-bond acceptors (Lipinski definition) is 7. The van der Waals surface area contributed by atoms with Crippen LogP contribution in [0.4, 0.5) is 22.0 Å². The molecule has 2 heterocycles. The molecule has 5 N–H and O–H groups in total. The molecular weight excluding hydrogens is 449 g/mol. The molecule has 0 radical (unpaired) electrons. The highest BCUT2D eigenvalue weighted by Crippen LogP contribution is 2.33. The zero-order valence-electron chi connectivity index (χ0n) is 16.5. The number of hydrazine groups is 1. The summed E-state index contributed by atoms with van der Waals surface area (Å²) < 4.78 is 68.3. The van der Waals surface area contributed by atoms with Crippen LogP contribution in [0.25, 0.3) is 0 Å². The Morgan fingerprint density at radius 1 is 1.06 bits per heavy atom. The van der Waals surface area contributed by atoms with E-state index >= 15 is 0 Å². The smallest absolute Gasteiger partial charge is 0.352 e. The average Bonchev–Trinajstić information content (AvgIpc) is 3.15. The normalized spacial score (nSPS) is 34.5. The zero-order chi connectivity index (χ0) is 22.6. The summed E-state index contributed by atoms with van der Waals surface area (Å²) in [5.74, 6) is -3.47. The molecule has 2 saturated heterocycles. The van der Waals surface area contributed by atoms with Crippen molar-refractivity contribution in [2.75, 3.05) is 13.1 Å². The van der Waals surface area contributed by atoms with Crippen LogP contribution in [0.5, 0.6) is 0 Å². The highest BCUT2D eigenvalue weighted by molar-refractivity contribution is 7.98. The fourth-order valence-corrected chi connectivity index (χ4v) is 4.93. The maximum atomic E-state index is 13.0. The molecule has 14 heteroatoms. The first-order chi connectivity index (χ1) is 14.6. The lowest BCUT2D eigenvalue weighted by Crippen LogP contribution is -2.56. The number of halogens is 5. The molecule has 8 nitrogen and oxygen atoms in total. The second kappa shape index (κ2) is 10.6. The summed E-state index contributed by atoms with van der Waals surface area (Å²) in [6.45, 7) is -2.97. The van der Waals surface area contributed by atoms with Crippen LogP contribution in [0.2, 0.25) is 0 Å². The Kier molecular flexibility index (Phi) is 8.35. The van der Waals surface area contributed by atoms with Crippen molar-refractivity contribution in [3.63, 3.8) is 0 Å². The van der Waals surface area contributed by atoms with E-state index in [9.17, 15) is 31.5 Å². The molecule has 0 aromatic carbocycles. The van der Waals surface area contributed by atoms with Crippen LogP contribution in [0.1, 0.15) is 32.1 Å². The first-order valence-corrected chi connectivity index (χ1v) is 11.0. The van der Waals surface area contributed by atoms with Crippen LogP contribution in [0.15, 0.2) is 0 Å². The molecule has 0 spiro atoms. The molecule has 2 amide bonds. The summed E-state index contributed by atoms with van der Waals surface area (Å²) >= 11 is 1.03. The van der Waals surface area contributed by atoms with Gasteiger partial charge >= 0.3 is 12.8 Å². The highest BCUT2D eigenvalue weighted by Gasteiger charge is 2.45. The Morgan fingerprint density at radius 2 is 1.84 bits per heavy atom. The summed E-state index contributed by atoms with van der Waals surface area (Å²) in [6, 6.07) is -1.22. The van der Waals surface area contributed by atoms with Crippen LogP contribution in [0, 0.1) is 11.8 Å². The Labute approximate surface area is 180 Å². The average molecular weight is 475 g/mol.